The largest absolute Gasteiger partial charge is 0.140 e. The van der Waals surface area contributed by atoms with Crippen molar-refractivity contribution < 1.29 is 0 Å². The van der Waals surface area contributed by atoms with Crippen molar-refractivity contribution in [3.8, 4) is 20.9 Å². The minimum atomic E-state index is 1.13. The fourth-order valence-electron chi connectivity index (χ4n) is 5.29. The van der Waals surface area contributed by atoms with Crippen molar-refractivity contribution in [2.45, 2.75) is 78.1 Å². The summed E-state index contributed by atoms with van der Waals surface area (Å²) in [5, 5.41) is 5.14. The average Bonchev–Trinajstić information content (AvgIpc) is 3.69. The Hall–Kier alpha value is -0.500. The standard InChI is InChI=1S/C32H36Br2S4/c1-21-19-25-26-20-22(2)36-32(26)30(28-16-14-24(38-28)12-8-4-6-10-18-34)29(31(25)35-21)27-15-13-23(37-27)11-7-3-5-9-17-33/h13-16,19-20H,3-12,17-18H2,1-2H3. The molecule has 4 aromatic heterocycles. The molecule has 0 aliphatic heterocycles. The zero-order chi connectivity index (χ0) is 26.5. The monoisotopic (exact) mass is 706 g/mol. The third-order valence-corrected chi connectivity index (χ3v) is 12.7. The van der Waals surface area contributed by atoms with Crippen molar-refractivity contribution in [3.05, 3.63) is 55.9 Å². The second-order valence-corrected chi connectivity index (χ2v) is 16.6. The van der Waals surface area contributed by atoms with E-state index in [1.54, 1.807) is 0 Å². The maximum Gasteiger partial charge on any atom is 0.0445 e. The van der Waals surface area contributed by atoms with Crippen LogP contribution in [-0.2, 0) is 12.8 Å². The highest BCUT2D eigenvalue weighted by molar-refractivity contribution is 9.09. The van der Waals surface area contributed by atoms with Crippen molar-refractivity contribution >= 4 is 97.4 Å². The first kappa shape index (κ1) is 29.0. The third-order valence-electron chi connectivity index (χ3n) is 7.13. The molecule has 0 saturated heterocycles. The Morgan fingerprint density at radius 1 is 0.526 bits per heavy atom. The van der Waals surface area contributed by atoms with Crippen molar-refractivity contribution in [2.24, 2.45) is 0 Å². The third kappa shape index (κ3) is 6.69. The van der Waals surface area contributed by atoms with Gasteiger partial charge in [0.05, 0.1) is 0 Å². The van der Waals surface area contributed by atoms with Crippen LogP contribution in [0.15, 0.2) is 36.4 Å². The predicted octanol–water partition coefficient (Wildman–Crippen LogP) is 13.2. The number of hydrogen-bond donors (Lipinski definition) is 0. The molecule has 0 unspecified atom stereocenters. The second kappa shape index (κ2) is 13.9. The molecule has 6 heteroatoms. The predicted molar refractivity (Wildman–Crippen MR) is 185 cm³/mol. The molecule has 0 saturated carbocycles. The highest BCUT2D eigenvalue weighted by Crippen LogP contribution is 2.52. The summed E-state index contributed by atoms with van der Waals surface area (Å²) >= 11 is 15.2. The molecule has 1 aromatic carbocycles. The van der Waals surface area contributed by atoms with Crippen LogP contribution >= 0.6 is 77.2 Å². The van der Waals surface area contributed by atoms with Gasteiger partial charge in [-0.05, 0) is 88.8 Å². The molecule has 0 bridgehead atoms. The van der Waals surface area contributed by atoms with E-state index < -0.39 is 0 Å². The van der Waals surface area contributed by atoms with Crippen LogP contribution in [0.3, 0.4) is 0 Å². The Bertz CT molecular complexity index is 1370. The Balaban J connectivity index is 1.54. The molecule has 0 radical (unpaired) electrons. The second-order valence-electron chi connectivity index (χ2n) is 10.2. The van der Waals surface area contributed by atoms with Crippen LogP contribution in [0.4, 0.5) is 0 Å². The SMILES string of the molecule is Cc1cc2c(s1)c(-c1ccc(CCCCCCBr)s1)c(-c1ccc(CCCCCCBr)s1)c1sc(C)cc12. The number of hydrogen-bond acceptors (Lipinski definition) is 4. The first-order valence-electron chi connectivity index (χ1n) is 13.9. The van der Waals surface area contributed by atoms with Crippen molar-refractivity contribution in [1.82, 2.24) is 0 Å². The Morgan fingerprint density at radius 2 is 0.947 bits per heavy atom. The summed E-state index contributed by atoms with van der Waals surface area (Å²) in [6.45, 7) is 4.54. The van der Waals surface area contributed by atoms with E-state index in [4.69, 9.17) is 0 Å². The van der Waals surface area contributed by atoms with Gasteiger partial charge in [-0.15, -0.1) is 45.3 Å². The summed E-state index contributed by atoms with van der Waals surface area (Å²) in [6.07, 6.45) is 12.9. The van der Waals surface area contributed by atoms with Crippen molar-refractivity contribution in [3.63, 3.8) is 0 Å². The summed E-state index contributed by atoms with van der Waals surface area (Å²) in [7, 11) is 0. The van der Waals surface area contributed by atoms with Crippen molar-refractivity contribution in [1.29, 1.82) is 0 Å². The van der Waals surface area contributed by atoms with Gasteiger partial charge < -0.3 is 0 Å². The lowest BCUT2D eigenvalue weighted by molar-refractivity contribution is 0.675. The molecule has 0 N–H and O–H groups in total. The Morgan fingerprint density at radius 3 is 1.37 bits per heavy atom. The lowest BCUT2D eigenvalue weighted by Gasteiger charge is -2.11. The van der Waals surface area contributed by atoms with Crippen LogP contribution in [0.25, 0.3) is 41.1 Å². The van der Waals surface area contributed by atoms with Crippen LogP contribution in [-0.4, -0.2) is 10.7 Å². The molecule has 38 heavy (non-hydrogen) atoms. The molecule has 0 aliphatic rings. The Kier molecular flexibility index (Phi) is 10.6. The molecule has 0 aliphatic carbocycles. The average molecular weight is 709 g/mol. The highest BCUT2D eigenvalue weighted by atomic mass is 79.9. The van der Waals surface area contributed by atoms with Gasteiger partial charge in [-0.1, -0.05) is 57.5 Å². The number of thiophene rings is 4. The summed E-state index contributed by atoms with van der Waals surface area (Å²) in [4.78, 5) is 8.76. The van der Waals surface area contributed by atoms with Gasteiger partial charge in [-0.3, -0.25) is 0 Å². The first-order valence-corrected chi connectivity index (χ1v) is 19.4. The zero-order valence-electron chi connectivity index (χ0n) is 22.3. The topological polar surface area (TPSA) is 0 Å². The number of aryl methyl sites for hydroxylation is 4. The van der Waals surface area contributed by atoms with E-state index in [0.717, 1.165) is 10.7 Å². The molecule has 202 valence electrons. The van der Waals surface area contributed by atoms with Crippen LogP contribution in [0, 0.1) is 13.8 Å². The molecule has 0 amide bonds. The maximum atomic E-state index is 3.57. The van der Waals surface area contributed by atoms with Gasteiger partial charge in [0, 0.05) is 71.2 Å². The van der Waals surface area contributed by atoms with Gasteiger partial charge in [0.1, 0.15) is 0 Å². The number of unbranched alkanes of at least 4 members (excludes halogenated alkanes) is 6. The van der Waals surface area contributed by atoms with Crippen molar-refractivity contribution in [2.75, 3.05) is 10.7 Å². The Labute approximate surface area is 260 Å². The normalized spacial score (nSPS) is 11.9. The van der Waals surface area contributed by atoms with E-state index in [9.17, 15) is 0 Å². The fourth-order valence-corrected chi connectivity index (χ4v) is 10.6. The smallest absolute Gasteiger partial charge is 0.0445 e. The lowest BCUT2D eigenvalue weighted by atomic mass is 9.99. The number of benzene rings is 1. The molecule has 5 aromatic rings. The fraction of sp³-hybridized carbons (Fsp3) is 0.438. The number of alkyl halides is 2. The zero-order valence-corrected chi connectivity index (χ0v) is 28.8. The number of rotatable bonds is 14. The van der Waals surface area contributed by atoms with E-state index in [-0.39, 0.29) is 0 Å². The minimum Gasteiger partial charge on any atom is -0.140 e. The highest BCUT2D eigenvalue weighted by Gasteiger charge is 2.23. The summed E-state index contributed by atoms with van der Waals surface area (Å²) in [5.74, 6) is 0. The molecular weight excluding hydrogens is 672 g/mol. The summed E-state index contributed by atoms with van der Waals surface area (Å²) in [5.41, 5.74) is 2.96. The number of halogens is 2. The van der Waals surface area contributed by atoms with Gasteiger partial charge in [0.2, 0.25) is 0 Å². The quantitative estimate of drug-likeness (QED) is 0.0796. The van der Waals surface area contributed by atoms with E-state index >= 15 is 0 Å². The van der Waals surface area contributed by atoms with Gasteiger partial charge in [-0.25, -0.2) is 0 Å². The summed E-state index contributed by atoms with van der Waals surface area (Å²) < 4.78 is 2.94. The maximum absolute atomic E-state index is 3.57. The van der Waals surface area contributed by atoms with Gasteiger partial charge in [0.15, 0.2) is 0 Å². The minimum absolute atomic E-state index is 1.13. The molecule has 0 nitrogen and oxygen atoms in total. The number of fused-ring (bicyclic) bond motifs is 3. The van der Waals surface area contributed by atoms with Gasteiger partial charge in [-0.2, -0.15) is 0 Å². The molecule has 5 rings (SSSR count). The molecular formula is C32H36Br2S4. The first-order chi connectivity index (χ1) is 18.6. The van der Waals surface area contributed by atoms with Crippen LogP contribution in [0.1, 0.15) is 70.9 Å². The molecule has 0 fully saturated rings. The van der Waals surface area contributed by atoms with Gasteiger partial charge >= 0.3 is 0 Å². The summed E-state index contributed by atoms with van der Waals surface area (Å²) in [6, 6.07) is 14.5. The molecule has 0 atom stereocenters. The van der Waals surface area contributed by atoms with E-state index in [0.29, 0.717) is 0 Å². The van der Waals surface area contributed by atoms with E-state index in [1.165, 1.54) is 125 Å². The molecule has 0 spiro atoms. The molecule has 4 heterocycles. The lowest BCUT2D eigenvalue weighted by Crippen LogP contribution is -1.84. The van der Waals surface area contributed by atoms with E-state index in [1.807, 2.05) is 45.3 Å². The van der Waals surface area contributed by atoms with Crippen LogP contribution in [0.2, 0.25) is 0 Å². The van der Waals surface area contributed by atoms with Gasteiger partial charge in [0.25, 0.3) is 0 Å². The van der Waals surface area contributed by atoms with Crippen LogP contribution < -0.4 is 0 Å². The van der Waals surface area contributed by atoms with Crippen LogP contribution in [0.5, 0.6) is 0 Å². The van der Waals surface area contributed by atoms with E-state index in [2.05, 4.69) is 82.1 Å².